The van der Waals surface area contributed by atoms with E-state index in [2.05, 4.69) is 61.2 Å². The second kappa shape index (κ2) is 14.0. The molecular weight excluding hydrogens is 424 g/mol. The van der Waals surface area contributed by atoms with Crippen LogP contribution in [-0.2, 0) is 24.2 Å². The van der Waals surface area contributed by atoms with Gasteiger partial charge in [0.25, 0.3) is 0 Å². The molecule has 0 aromatic heterocycles. The highest BCUT2D eigenvalue weighted by atomic mass is 16.5. The third-order valence-corrected chi connectivity index (χ3v) is 9.03. The predicted molar refractivity (Wildman–Crippen MR) is 150 cm³/mol. The van der Waals surface area contributed by atoms with Gasteiger partial charge in [0, 0.05) is 7.11 Å². The van der Waals surface area contributed by atoms with E-state index in [-0.39, 0.29) is 0 Å². The molecule has 0 radical (unpaired) electrons. The Balaban J connectivity index is 1.08. The molecule has 0 heterocycles. The van der Waals surface area contributed by atoms with E-state index in [1.807, 2.05) is 0 Å². The predicted octanol–water partition coefficient (Wildman–Crippen LogP) is 9.44. The molecule has 0 spiro atoms. The van der Waals surface area contributed by atoms with Crippen molar-refractivity contribution in [2.75, 3.05) is 7.11 Å². The SMILES string of the molecule is C=CC1CCC(CCc2ccc(CCCCC3CCC(c4ccc(COC)cc4)CC3)cc2)CC1. The van der Waals surface area contributed by atoms with Crippen LogP contribution in [0.5, 0.6) is 0 Å². The molecule has 2 aliphatic carbocycles. The summed E-state index contributed by atoms with van der Waals surface area (Å²) in [6.07, 6.45) is 21.3. The van der Waals surface area contributed by atoms with Crippen LogP contribution in [0.2, 0.25) is 0 Å². The lowest BCUT2D eigenvalue weighted by Crippen LogP contribution is -2.13. The van der Waals surface area contributed by atoms with Crippen LogP contribution in [0.1, 0.15) is 105 Å². The van der Waals surface area contributed by atoms with Gasteiger partial charge in [-0.2, -0.15) is 0 Å². The van der Waals surface area contributed by atoms with Gasteiger partial charge in [-0.25, -0.2) is 0 Å². The van der Waals surface area contributed by atoms with Gasteiger partial charge in [-0.1, -0.05) is 67.4 Å². The van der Waals surface area contributed by atoms with Crippen molar-refractivity contribution >= 4 is 0 Å². The Bertz CT molecular complexity index is 848. The average molecular weight is 473 g/mol. The fourth-order valence-corrected chi connectivity index (χ4v) is 6.56. The molecule has 190 valence electrons. The zero-order valence-corrected chi connectivity index (χ0v) is 22.2. The van der Waals surface area contributed by atoms with Gasteiger partial charge >= 0.3 is 0 Å². The van der Waals surface area contributed by atoms with Gasteiger partial charge in [-0.05, 0) is 123 Å². The fourth-order valence-electron chi connectivity index (χ4n) is 6.56. The Labute approximate surface area is 215 Å². The summed E-state index contributed by atoms with van der Waals surface area (Å²) >= 11 is 0. The minimum absolute atomic E-state index is 0.717. The monoisotopic (exact) mass is 472 g/mol. The Hall–Kier alpha value is -1.86. The van der Waals surface area contributed by atoms with E-state index < -0.39 is 0 Å². The first-order chi connectivity index (χ1) is 17.2. The molecule has 0 unspecified atom stereocenters. The van der Waals surface area contributed by atoms with Crippen molar-refractivity contribution in [2.24, 2.45) is 17.8 Å². The highest BCUT2D eigenvalue weighted by molar-refractivity contribution is 5.25. The summed E-state index contributed by atoms with van der Waals surface area (Å²) < 4.78 is 5.24. The van der Waals surface area contributed by atoms with Crippen molar-refractivity contribution in [1.29, 1.82) is 0 Å². The summed E-state index contributed by atoms with van der Waals surface area (Å²) in [6, 6.07) is 18.7. The second-order valence-electron chi connectivity index (χ2n) is 11.5. The van der Waals surface area contributed by atoms with Crippen LogP contribution in [0.25, 0.3) is 0 Å². The van der Waals surface area contributed by atoms with Crippen LogP contribution < -0.4 is 0 Å². The normalized spacial score (nSPS) is 24.8. The zero-order valence-electron chi connectivity index (χ0n) is 22.2. The summed E-state index contributed by atoms with van der Waals surface area (Å²) in [7, 11) is 1.77. The quantitative estimate of drug-likeness (QED) is 0.221. The van der Waals surface area contributed by atoms with Gasteiger partial charge < -0.3 is 4.74 Å². The summed E-state index contributed by atoms with van der Waals surface area (Å²) in [5, 5.41) is 0. The van der Waals surface area contributed by atoms with Crippen molar-refractivity contribution in [1.82, 2.24) is 0 Å². The minimum atomic E-state index is 0.717. The molecule has 2 aromatic carbocycles. The number of benzene rings is 2. The van der Waals surface area contributed by atoms with Crippen molar-refractivity contribution < 1.29 is 4.74 Å². The van der Waals surface area contributed by atoms with Crippen molar-refractivity contribution in [3.63, 3.8) is 0 Å². The lowest BCUT2D eigenvalue weighted by molar-refractivity contribution is 0.185. The summed E-state index contributed by atoms with van der Waals surface area (Å²) in [6.45, 7) is 4.69. The van der Waals surface area contributed by atoms with Crippen LogP contribution in [0.15, 0.2) is 61.2 Å². The highest BCUT2D eigenvalue weighted by Crippen LogP contribution is 2.38. The van der Waals surface area contributed by atoms with E-state index in [1.165, 1.54) is 112 Å². The number of ether oxygens (including phenoxy) is 1. The van der Waals surface area contributed by atoms with E-state index in [4.69, 9.17) is 4.74 Å². The molecule has 0 atom stereocenters. The fraction of sp³-hybridized carbons (Fsp3) is 0.588. The maximum Gasteiger partial charge on any atom is 0.0713 e. The van der Waals surface area contributed by atoms with Crippen molar-refractivity contribution in [3.8, 4) is 0 Å². The summed E-state index contributed by atoms with van der Waals surface area (Å²) in [5.74, 6) is 3.43. The maximum atomic E-state index is 5.24. The Kier molecular flexibility index (Phi) is 10.5. The molecule has 4 rings (SSSR count). The highest BCUT2D eigenvalue weighted by Gasteiger charge is 2.22. The van der Waals surface area contributed by atoms with Crippen LogP contribution in [0, 0.1) is 17.8 Å². The van der Waals surface area contributed by atoms with E-state index in [1.54, 1.807) is 7.11 Å². The van der Waals surface area contributed by atoms with Crippen LogP contribution >= 0.6 is 0 Å². The number of aryl methyl sites for hydroxylation is 2. The molecule has 2 fully saturated rings. The molecule has 1 heteroatoms. The molecule has 0 saturated heterocycles. The number of methoxy groups -OCH3 is 1. The Morgan fingerprint density at radius 3 is 1.89 bits per heavy atom. The van der Waals surface area contributed by atoms with Crippen molar-refractivity contribution in [2.45, 2.75) is 102 Å². The summed E-state index contributed by atoms with van der Waals surface area (Å²) in [4.78, 5) is 0. The lowest BCUT2D eigenvalue weighted by Gasteiger charge is -2.29. The molecule has 0 amide bonds. The van der Waals surface area contributed by atoms with E-state index in [0.29, 0.717) is 6.61 Å². The van der Waals surface area contributed by atoms with Gasteiger partial charge in [0.15, 0.2) is 0 Å². The van der Waals surface area contributed by atoms with Gasteiger partial charge in [-0.3, -0.25) is 0 Å². The first-order valence-electron chi connectivity index (χ1n) is 14.5. The Morgan fingerprint density at radius 2 is 1.26 bits per heavy atom. The molecule has 2 saturated carbocycles. The standard InChI is InChI=1S/C34H48O/c1-3-27-8-10-30(11-9-27)16-17-31-14-12-28(13-15-31)6-4-5-7-29-18-22-33(23-19-29)34-24-20-32(21-25-34)26-35-2/h3,12-15,20-21,24-25,27,29-30,33H,1,4-11,16-19,22-23,26H2,2H3. The minimum Gasteiger partial charge on any atom is -0.380 e. The van der Waals surface area contributed by atoms with Crippen molar-refractivity contribution in [3.05, 3.63) is 83.4 Å². The van der Waals surface area contributed by atoms with Crippen LogP contribution in [0.3, 0.4) is 0 Å². The molecule has 1 nitrogen and oxygen atoms in total. The smallest absolute Gasteiger partial charge is 0.0713 e. The third kappa shape index (κ3) is 8.35. The number of hydrogen-bond donors (Lipinski definition) is 0. The largest absolute Gasteiger partial charge is 0.380 e. The van der Waals surface area contributed by atoms with Gasteiger partial charge in [0.2, 0.25) is 0 Å². The molecule has 2 aliphatic rings. The Morgan fingerprint density at radius 1 is 0.686 bits per heavy atom. The first-order valence-corrected chi connectivity index (χ1v) is 14.5. The molecular formula is C34H48O. The maximum absolute atomic E-state index is 5.24. The topological polar surface area (TPSA) is 9.23 Å². The number of rotatable bonds is 12. The van der Waals surface area contributed by atoms with E-state index >= 15 is 0 Å². The van der Waals surface area contributed by atoms with Gasteiger partial charge in [0.05, 0.1) is 6.61 Å². The van der Waals surface area contributed by atoms with E-state index in [0.717, 1.165) is 23.7 Å². The number of hydrogen-bond acceptors (Lipinski definition) is 1. The first kappa shape index (κ1) is 26.2. The second-order valence-corrected chi connectivity index (χ2v) is 11.5. The van der Waals surface area contributed by atoms with Gasteiger partial charge in [-0.15, -0.1) is 6.58 Å². The number of allylic oxidation sites excluding steroid dienone is 1. The van der Waals surface area contributed by atoms with E-state index in [9.17, 15) is 0 Å². The van der Waals surface area contributed by atoms with Crippen LogP contribution in [-0.4, -0.2) is 7.11 Å². The molecule has 35 heavy (non-hydrogen) atoms. The molecule has 0 aliphatic heterocycles. The average Bonchev–Trinajstić information content (AvgIpc) is 2.92. The molecule has 2 aromatic rings. The molecule has 0 bridgehead atoms. The third-order valence-electron chi connectivity index (χ3n) is 9.03. The zero-order chi connectivity index (χ0) is 24.3. The number of unbranched alkanes of at least 4 members (excludes halogenated alkanes) is 1. The van der Waals surface area contributed by atoms with Gasteiger partial charge in [0.1, 0.15) is 0 Å². The lowest BCUT2D eigenvalue weighted by atomic mass is 9.77. The summed E-state index contributed by atoms with van der Waals surface area (Å²) in [5.41, 5.74) is 5.87. The van der Waals surface area contributed by atoms with Crippen LogP contribution in [0.4, 0.5) is 0 Å². The molecule has 0 N–H and O–H groups in total.